The lowest BCUT2D eigenvalue weighted by Crippen LogP contribution is -2.04. The zero-order chi connectivity index (χ0) is 21.3. The van der Waals surface area contributed by atoms with Gasteiger partial charge in [0.15, 0.2) is 0 Å². The smallest absolute Gasteiger partial charge is 0.305 e. The lowest BCUT2D eigenvalue weighted by molar-refractivity contribution is -0.143. The highest BCUT2D eigenvalue weighted by Gasteiger charge is 2.08. The van der Waals surface area contributed by atoms with E-state index < -0.39 is 5.82 Å². The van der Waals surface area contributed by atoms with Crippen LogP contribution in [0.5, 0.6) is 5.75 Å². The number of esters is 1. The van der Waals surface area contributed by atoms with Crippen LogP contribution in [0.25, 0.3) is 10.9 Å². The predicted molar refractivity (Wildman–Crippen MR) is 115 cm³/mol. The molecule has 3 aromatic rings. The molecule has 0 bridgehead atoms. The molecule has 0 saturated carbocycles. The van der Waals surface area contributed by atoms with Crippen LogP contribution in [-0.4, -0.2) is 29.2 Å². The van der Waals surface area contributed by atoms with Crippen molar-refractivity contribution in [2.75, 3.05) is 18.5 Å². The van der Waals surface area contributed by atoms with Crippen molar-refractivity contribution in [1.82, 2.24) is 9.97 Å². The van der Waals surface area contributed by atoms with Gasteiger partial charge in [-0.3, -0.25) is 4.79 Å². The van der Waals surface area contributed by atoms with E-state index in [1.165, 1.54) is 18.5 Å². The van der Waals surface area contributed by atoms with E-state index in [4.69, 9.17) is 21.1 Å². The summed E-state index contributed by atoms with van der Waals surface area (Å²) in [6.45, 7) is 2.76. The minimum absolute atomic E-state index is 0.0327. The van der Waals surface area contributed by atoms with Crippen LogP contribution in [0.15, 0.2) is 42.7 Å². The van der Waals surface area contributed by atoms with Gasteiger partial charge in [0, 0.05) is 17.5 Å². The van der Waals surface area contributed by atoms with Crippen molar-refractivity contribution in [3.05, 3.63) is 53.6 Å². The highest BCUT2D eigenvalue weighted by Crippen LogP contribution is 2.28. The fourth-order valence-electron chi connectivity index (χ4n) is 2.91. The van der Waals surface area contributed by atoms with E-state index in [9.17, 15) is 9.18 Å². The Morgan fingerprint density at radius 1 is 1.13 bits per heavy atom. The van der Waals surface area contributed by atoms with Gasteiger partial charge in [-0.15, -0.1) is 0 Å². The molecule has 30 heavy (non-hydrogen) atoms. The minimum Gasteiger partial charge on any atom is -0.494 e. The SMILES string of the molecule is CCOC(=O)CCCCCOc1ccc2ncnc(Nc3ccc(F)c(Cl)c3)c2c1. The quantitative estimate of drug-likeness (QED) is 0.329. The second-order valence-electron chi connectivity index (χ2n) is 6.62. The molecule has 0 amide bonds. The first kappa shape index (κ1) is 21.8. The van der Waals surface area contributed by atoms with Crippen molar-refractivity contribution in [1.29, 1.82) is 0 Å². The third-order valence-electron chi connectivity index (χ3n) is 4.39. The number of rotatable bonds is 10. The first-order valence-corrected chi connectivity index (χ1v) is 10.2. The Morgan fingerprint density at radius 3 is 2.80 bits per heavy atom. The fourth-order valence-corrected chi connectivity index (χ4v) is 3.09. The topological polar surface area (TPSA) is 73.3 Å². The number of anilines is 2. The Morgan fingerprint density at radius 2 is 2.00 bits per heavy atom. The summed E-state index contributed by atoms with van der Waals surface area (Å²) >= 11 is 5.86. The molecule has 0 radical (unpaired) electrons. The lowest BCUT2D eigenvalue weighted by atomic mass is 10.2. The van der Waals surface area contributed by atoms with Gasteiger partial charge < -0.3 is 14.8 Å². The molecule has 0 spiro atoms. The number of nitrogens with one attached hydrogen (secondary N) is 1. The van der Waals surface area contributed by atoms with E-state index in [0.717, 1.165) is 30.2 Å². The lowest BCUT2D eigenvalue weighted by Gasteiger charge is -2.11. The number of ether oxygens (including phenoxy) is 2. The standard InChI is InChI=1S/C22H23ClFN3O3/c1-2-29-21(28)6-4-3-5-11-30-16-8-10-20-17(13-16)22(26-14-25-20)27-15-7-9-19(24)18(23)12-15/h7-10,12-14H,2-6,11H2,1H3,(H,25,26,27). The van der Waals surface area contributed by atoms with E-state index in [-0.39, 0.29) is 11.0 Å². The summed E-state index contributed by atoms with van der Waals surface area (Å²) in [6, 6.07) is 9.96. The van der Waals surface area contributed by atoms with Gasteiger partial charge in [0.05, 0.1) is 23.8 Å². The largest absolute Gasteiger partial charge is 0.494 e. The minimum atomic E-state index is -0.479. The molecule has 0 aliphatic heterocycles. The maximum absolute atomic E-state index is 13.4. The van der Waals surface area contributed by atoms with Gasteiger partial charge in [-0.05, 0) is 62.6 Å². The van der Waals surface area contributed by atoms with Gasteiger partial charge in [0.2, 0.25) is 0 Å². The van der Waals surface area contributed by atoms with E-state index in [0.29, 0.717) is 36.9 Å². The normalized spacial score (nSPS) is 10.8. The Labute approximate surface area is 179 Å². The maximum atomic E-state index is 13.4. The molecule has 0 aliphatic carbocycles. The zero-order valence-electron chi connectivity index (χ0n) is 16.7. The van der Waals surface area contributed by atoms with Crippen molar-refractivity contribution < 1.29 is 18.7 Å². The van der Waals surface area contributed by atoms with Crippen LogP contribution in [-0.2, 0) is 9.53 Å². The van der Waals surface area contributed by atoms with Gasteiger partial charge in [-0.25, -0.2) is 14.4 Å². The molecule has 8 heteroatoms. The van der Waals surface area contributed by atoms with Gasteiger partial charge in [0.25, 0.3) is 0 Å². The summed E-state index contributed by atoms with van der Waals surface area (Å²) in [5.74, 6) is 0.633. The molecule has 6 nitrogen and oxygen atoms in total. The number of hydrogen-bond acceptors (Lipinski definition) is 6. The van der Waals surface area contributed by atoms with Crippen LogP contribution in [0, 0.1) is 5.82 Å². The van der Waals surface area contributed by atoms with Crippen molar-refractivity contribution in [3.63, 3.8) is 0 Å². The van der Waals surface area contributed by atoms with E-state index in [1.807, 2.05) is 18.2 Å². The highest BCUT2D eigenvalue weighted by molar-refractivity contribution is 6.31. The third kappa shape index (κ3) is 6.03. The van der Waals surface area contributed by atoms with Crippen LogP contribution in [0.3, 0.4) is 0 Å². The van der Waals surface area contributed by atoms with Crippen LogP contribution >= 0.6 is 11.6 Å². The summed E-state index contributed by atoms with van der Waals surface area (Å²) in [6.07, 6.45) is 4.39. The summed E-state index contributed by atoms with van der Waals surface area (Å²) in [7, 11) is 0. The number of fused-ring (bicyclic) bond motifs is 1. The number of carbonyl (C=O) groups excluding carboxylic acids is 1. The fraction of sp³-hybridized carbons (Fsp3) is 0.318. The van der Waals surface area contributed by atoms with Crippen LogP contribution in [0.4, 0.5) is 15.9 Å². The number of carbonyl (C=O) groups is 1. The molecular formula is C22H23ClFN3O3. The van der Waals surface area contributed by atoms with E-state index >= 15 is 0 Å². The third-order valence-corrected chi connectivity index (χ3v) is 4.68. The van der Waals surface area contributed by atoms with Crippen LogP contribution in [0.1, 0.15) is 32.6 Å². The first-order valence-electron chi connectivity index (χ1n) is 9.82. The number of benzene rings is 2. The summed E-state index contributed by atoms with van der Waals surface area (Å²) in [4.78, 5) is 19.9. The van der Waals surface area contributed by atoms with Gasteiger partial charge in [-0.1, -0.05) is 11.6 Å². The number of nitrogens with zero attached hydrogens (tertiary/aromatic N) is 2. The molecule has 0 aliphatic rings. The van der Waals surface area contributed by atoms with Crippen molar-refractivity contribution in [2.45, 2.75) is 32.6 Å². The molecule has 2 aromatic carbocycles. The van der Waals surface area contributed by atoms with E-state index in [2.05, 4.69) is 15.3 Å². The Balaban J connectivity index is 1.60. The van der Waals surface area contributed by atoms with Crippen molar-refractivity contribution in [3.8, 4) is 5.75 Å². The Kier molecular flexibility index (Phi) is 7.79. The van der Waals surface area contributed by atoms with Gasteiger partial charge >= 0.3 is 5.97 Å². The highest BCUT2D eigenvalue weighted by atomic mass is 35.5. The number of aromatic nitrogens is 2. The molecule has 0 atom stereocenters. The first-order chi connectivity index (χ1) is 14.6. The number of hydrogen-bond donors (Lipinski definition) is 1. The molecule has 0 fully saturated rings. The Bertz CT molecular complexity index is 1020. The molecule has 1 heterocycles. The molecule has 0 saturated heterocycles. The molecule has 1 N–H and O–H groups in total. The Hall–Kier alpha value is -2.93. The van der Waals surface area contributed by atoms with Crippen molar-refractivity contribution in [2.24, 2.45) is 0 Å². The number of halogens is 2. The molecular weight excluding hydrogens is 409 g/mol. The summed E-state index contributed by atoms with van der Waals surface area (Å²) in [5.41, 5.74) is 1.37. The maximum Gasteiger partial charge on any atom is 0.305 e. The van der Waals surface area contributed by atoms with Crippen molar-refractivity contribution >= 4 is 40.0 Å². The average molecular weight is 432 g/mol. The summed E-state index contributed by atoms with van der Waals surface area (Å²) < 4.78 is 24.1. The second kappa shape index (κ2) is 10.7. The van der Waals surface area contributed by atoms with Gasteiger partial charge in [0.1, 0.15) is 23.7 Å². The predicted octanol–water partition coefficient (Wildman–Crippen LogP) is 5.67. The number of unbranched alkanes of at least 4 members (excludes halogenated alkanes) is 2. The summed E-state index contributed by atoms with van der Waals surface area (Å²) in [5, 5.41) is 3.95. The average Bonchev–Trinajstić information content (AvgIpc) is 2.74. The molecule has 158 valence electrons. The monoisotopic (exact) mass is 431 g/mol. The zero-order valence-corrected chi connectivity index (χ0v) is 17.4. The molecule has 0 unspecified atom stereocenters. The second-order valence-corrected chi connectivity index (χ2v) is 7.03. The van der Waals surface area contributed by atoms with Crippen LogP contribution in [0.2, 0.25) is 5.02 Å². The molecule has 1 aromatic heterocycles. The molecule has 3 rings (SSSR count). The van der Waals surface area contributed by atoms with E-state index in [1.54, 1.807) is 13.0 Å². The van der Waals surface area contributed by atoms with Crippen LogP contribution < -0.4 is 10.1 Å². The van der Waals surface area contributed by atoms with Gasteiger partial charge in [-0.2, -0.15) is 0 Å².